The number of amides is 3. The zero-order valence-electron chi connectivity index (χ0n) is 23.3. The normalized spacial score (nSPS) is 15.9. The Hall–Kier alpha value is -4.47. The lowest BCUT2D eigenvalue weighted by Crippen LogP contribution is -2.58. The number of phenolic OH excluding ortho intramolecular Hbond substituents is 1. The van der Waals surface area contributed by atoms with Gasteiger partial charge in [-0.3, -0.25) is 9.80 Å². The molecule has 3 amide bonds. The number of carbonyl (C=O) groups excluding carboxylic acids is 3. The molecule has 4 rings (SSSR count). The fraction of sp³-hybridized carbons (Fsp3) is 0.281. The molecule has 0 spiro atoms. The van der Waals surface area contributed by atoms with E-state index in [1.165, 1.54) is 5.01 Å². The van der Waals surface area contributed by atoms with E-state index in [1.807, 2.05) is 61.5 Å². The number of rotatable bonds is 13. The van der Waals surface area contributed by atoms with Gasteiger partial charge in [0.25, 0.3) is 0 Å². The van der Waals surface area contributed by atoms with Gasteiger partial charge in [0.2, 0.25) is 5.91 Å². The van der Waals surface area contributed by atoms with Crippen molar-refractivity contribution in [3.63, 3.8) is 0 Å². The van der Waals surface area contributed by atoms with Crippen LogP contribution in [-0.2, 0) is 29.1 Å². The minimum atomic E-state index is -0.763. The van der Waals surface area contributed by atoms with Gasteiger partial charge in [-0.2, -0.15) is 5.01 Å². The second-order valence-electron chi connectivity index (χ2n) is 10.1. The molecule has 3 aromatic rings. The number of aryl methyl sites for hydroxylation is 1. The summed E-state index contributed by atoms with van der Waals surface area (Å²) in [5, 5.41) is 19.2. The average Bonchev–Trinajstić information content (AvgIpc) is 3.31. The van der Waals surface area contributed by atoms with Crippen LogP contribution < -0.4 is 10.6 Å². The van der Waals surface area contributed by atoms with E-state index in [-0.39, 0.29) is 37.2 Å². The highest BCUT2D eigenvalue weighted by atomic mass is 16.3. The fourth-order valence-corrected chi connectivity index (χ4v) is 4.92. The summed E-state index contributed by atoms with van der Waals surface area (Å²) in [5.41, 5.74) is 4.00. The van der Waals surface area contributed by atoms with E-state index in [2.05, 4.69) is 17.2 Å². The number of benzene rings is 3. The van der Waals surface area contributed by atoms with Crippen molar-refractivity contribution in [3.05, 3.63) is 114 Å². The molecule has 0 radical (unpaired) electrons. The van der Waals surface area contributed by atoms with Crippen molar-refractivity contribution in [1.82, 2.24) is 25.6 Å². The number of aromatic hydroxyl groups is 1. The molecule has 0 bridgehead atoms. The Kier molecular flexibility index (Phi) is 10.3. The first kappa shape index (κ1) is 29.5. The number of carbonyl (C=O) groups is 3. The van der Waals surface area contributed by atoms with Crippen molar-refractivity contribution >= 4 is 18.2 Å². The summed E-state index contributed by atoms with van der Waals surface area (Å²) in [4.78, 5) is 40.9. The number of urea groups is 1. The lowest BCUT2D eigenvalue weighted by Gasteiger charge is -2.38. The van der Waals surface area contributed by atoms with E-state index < -0.39 is 12.2 Å². The summed E-state index contributed by atoms with van der Waals surface area (Å²) < 4.78 is 0. The van der Waals surface area contributed by atoms with Crippen LogP contribution in [0.15, 0.2) is 91.5 Å². The number of hydrogen-bond donors (Lipinski definition) is 3. The molecule has 1 saturated heterocycles. The molecule has 1 aliphatic heterocycles. The van der Waals surface area contributed by atoms with Gasteiger partial charge < -0.3 is 25.4 Å². The van der Waals surface area contributed by atoms with Crippen LogP contribution >= 0.6 is 0 Å². The molecular weight excluding hydrogens is 518 g/mol. The van der Waals surface area contributed by atoms with Crippen LogP contribution in [0, 0.1) is 6.92 Å². The molecule has 3 aromatic carbocycles. The summed E-state index contributed by atoms with van der Waals surface area (Å²) in [5.74, 6) is -0.132. The van der Waals surface area contributed by atoms with Gasteiger partial charge in [0.1, 0.15) is 18.2 Å². The number of aldehydes is 1. The second-order valence-corrected chi connectivity index (χ2v) is 10.1. The van der Waals surface area contributed by atoms with E-state index in [9.17, 15) is 19.5 Å². The first-order valence-corrected chi connectivity index (χ1v) is 13.7. The standard InChI is InChI=1S/C32H37N5O4/c1-3-17-35(32(41)34-20-26-7-5-4-6-8-26)36-22-31(40)37(28(23-38)18-25-13-15-29(39)16-14-25)30(36)21-33-19-27-11-9-24(2)10-12-27/h3-16,23,28,30,33,39H,1,17-22H2,2H3,(H,34,41)/t28-,30+/m0/s1. The maximum absolute atomic E-state index is 13.5. The van der Waals surface area contributed by atoms with Gasteiger partial charge in [0.15, 0.2) is 0 Å². The molecular formula is C32H37N5O4. The predicted octanol–water partition coefficient (Wildman–Crippen LogP) is 3.38. The molecule has 0 saturated carbocycles. The van der Waals surface area contributed by atoms with Gasteiger partial charge in [-0.1, -0.05) is 78.4 Å². The molecule has 3 N–H and O–H groups in total. The number of hydrazine groups is 1. The zero-order chi connectivity index (χ0) is 29.2. The highest BCUT2D eigenvalue weighted by Crippen LogP contribution is 2.24. The first-order chi connectivity index (χ1) is 19.9. The Morgan fingerprint density at radius 3 is 2.34 bits per heavy atom. The Labute approximate surface area is 241 Å². The van der Waals surface area contributed by atoms with Crippen LogP contribution in [0.4, 0.5) is 4.79 Å². The Balaban J connectivity index is 1.56. The monoisotopic (exact) mass is 555 g/mol. The van der Waals surface area contributed by atoms with Crippen molar-refractivity contribution in [3.8, 4) is 5.75 Å². The molecule has 0 aliphatic carbocycles. The Morgan fingerprint density at radius 1 is 1.02 bits per heavy atom. The second kappa shape index (κ2) is 14.2. The highest BCUT2D eigenvalue weighted by molar-refractivity contribution is 5.85. The van der Waals surface area contributed by atoms with Crippen molar-refractivity contribution in [1.29, 1.82) is 0 Å². The van der Waals surface area contributed by atoms with E-state index in [4.69, 9.17) is 0 Å². The average molecular weight is 556 g/mol. The number of nitrogens with one attached hydrogen (secondary N) is 2. The number of hydrogen-bond acceptors (Lipinski definition) is 6. The van der Waals surface area contributed by atoms with Crippen LogP contribution in [0.1, 0.15) is 22.3 Å². The largest absolute Gasteiger partial charge is 0.508 e. The molecule has 0 unspecified atom stereocenters. The van der Waals surface area contributed by atoms with Gasteiger partial charge in [0, 0.05) is 19.6 Å². The SMILES string of the molecule is C=CCN(C(=O)NCc1ccccc1)N1CC(=O)N([C@H](C=O)Cc2ccc(O)cc2)[C@@H]1CNCc1ccc(C)cc1. The summed E-state index contributed by atoms with van der Waals surface area (Å²) in [6.45, 7) is 7.16. The van der Waals surface area contributed by atoms with Gasteiger partial charge in [-0.25, -0.2) is 4.79 Å². The molecule has 9 heteroatoms. The summed E-state index contributed by atoms with van der Waals surface area (Å²) >= 11 is 0. The molecule has 1 fully saturated rings. The van der Waals surface area contributed by atoms with Crippen molar-refractivity contribution in [2.24, 2.45) is 0 Å². The van der Waals surface area contributed by atoms with E-state index in [0.717, 1.165) is 28.5 Å². The molecule has 214 valence electrons. The van der Waals surface area contributed by atoms with Crippen molar-refractivity contribution in [2.75, 3.05) is 19.6 Å². The van der Waals surface area contributed by atoms with Gasteiger partial charge in [-0.05, 0) is 42.2 Å². The molecule has 0 aromatic heterocycles. The van der Waals surface area contributed by atoms with Crippen LogP contribution in [0.25, 0.3) is 0 Å². The van der Waals surface area contributed by atoms with E-state index >= 15 is 0 Å². The molecule has 9 nitrogen and oxygen atoms in total. The Bertz CT molecular complexity index is 1310. The molecule has 41 heavy (non-hydrogen) atoms. The maximum atomic E-state index is 13.5. The fourth-order valence-electron chi connectivity index (χ4n) is 4.92. The molecule has 1 aliphatic rings. The quantitative estimate of drug-likeness (QED) is 0.221. The minimum absolute atomic E-state index is 0.0661. The van der Waals surface area contributed by atoms with Crippen LogP contribution in [0.2, 0.25) is 0 Å². The molecule has 1 heterocycles. The smallest absolute Gasteiger partial charge is 0.332 e. The summed E-state index contributed by atoms with van der Waals surface area (Å²) in [6, 6.07) is 23.2. The summed E-state index contributed by atoms with van der Waals surface area (Å²) in [7, 11) is 0. The lowest BCUT2D eigenvalue weighted by atomic mass is 10.0. The van der Waals surface area contributed by atoms with E-state index in [0.29, 0.717) is 19.6 Å². The maximum Gasteiger partial charge on any atom is 0.332 e. The third-order valence-electron chi connectivity index (χ3n) is 7.06. The van der Waals surface area contributed by atoms with Crippen LogP contribution in [0.3, 0.4) is 0 Å². The topological polar surface area (TPSA) is 105 Å². The third kappa shape index (κ3) is 7.81. The van der Waals surface area contributed by atoms with Gasteiger partial charge in [0.05, 0.1) is 19.1 Å². The summed E-state index contributed by atoms with van der Waals surface area (Å²) in [6.07, 6.45) is 2.05. The van der Waals surface area contributed by atoms with E-state index in [1.54, 1.807) is 40.3 Å². The zero-order valence-corrected chi connectivity index (χ0v) is 23.3. The lowest BCUT2D eigenvalue weighted by molar-refractivity contribution is -0.134. The highest BCUT2D eigenvalue weighted by Gasteiger charge is 2.45. The first-order valence-electron chi connectivity index (χ1n) is 13.7. The van der Waals surface area contributed by atoms with Crippen LogP contribution in [0.5, 0.6) is 5.75 Å². The Morgan fingerprint density at radius 2 is 1.68 bits per heavy atom. The van der Waals surface area contributed by atoms with Crippen molar-refractivity contribution < 1.29 is 19.5 Å². The third-order valence-corrected chi connectivity index (χ3v) is 7.06. The van der Waals surface area contributed by atoms with Crippen molar-refractivity contribution in [2.45, 2.75) is 38.6 Å². The number of phenols is 1. The molecule has 2 atom stereocenters. The minimum Gasteiger partial charge on any atom is -0.508 e. The number of nitrogens with zero attached hydrogens (tertiary/aromatic N) is 3. The van der Waals surface area contributed by atoms with Gasteiger partial charge in [-0.15, -0.1) is 6.58 Å². The van der Waals surface area contributed by atoms with Gasteiger partial charge >= 0.3 is 6.03 Å². The predicted molar refractivity (Wildman–Crippen MR) is 157 cm³/mol. The van der Waals surface area contributed by atoms with Crippen LogP contribution in [-0.4, -0.2) is 70.1 Å².